The van der Waals surface area contributed by atoms with Crippen LogP contribution >= 0.6 is 0 Å². The Hall–Kier alpha value is -1.59. The van der Waals surface area contributed by atoms with Crippen LogP contribution < -0.4 is 16.0 Å². The van der Waals surface area contributed by atoms with Gasteiger partial charge in [0.05, 0.1) is 6.10 Å². The molecule has 1 aromatic rings. The minimum Gasteiger partial charge on any atom is -0.491 e. The van der Waals surface area contributed by atoms with Crippen molar-refractivity contribution in [3.63, 3.8) is 0 Å². The van der Waals surface area contributed by atoms with E-state index >= 15 is 0 Å². The third-order valence-corrected chi connectivity index (χ3v) is 3.28. The molecule has 2 atom stereocenters. The van der Waals surface area contributed by atoms with Crippen LogP contribution in [0.5, 0.6) is 5.75 Å². The molecular weight excluding hydrogens is 244 g/mol. The van der Waals surface area contributed by atoms with Crippen molar-refractivity contribution in [1.29, 1.82) is 0 Å². The quantitative estimate of drug-likeness (QED) is 0.475. The second kappa shape index (κ2) is 6.54. The first-order chi connectivity index (χ1) is 9.22. The second-order valence-electron chi connectivity index (χ2n) is 4.64. The van der Waals surface area contributed by atoms with Crippen LogP contribution in [-0.2, 0) is 16.0 Å². The van der Waals surface area contributed by atoms with Crippen molar-refractivity contribution in [2.45, 2.75) is 38.4 Å². The van der Waals surface area contributed by atoms with Gasteiger partial charge in [0.15, 0.2) is 0 Å². The molecule has 1 aliphatic heterocycles. The third kappa shape index (κ3) is 3.68. The predicted molar refractivity (Wildman–Crippen MR) is 71.5 cm³/mol. The normalized spacial score (nSPS) is 22.2. The molecular formula is C14H20N2O3. The first-order valence-corrected chi connectivity index (χ1v) is 6.60. The lowest BCUT2D eigenvalue weighted by molar-refractivity contribution is -0.132. The monoisotopic (exact) mass is 264 g/mol. The van der Waals surface area contributed by atoms with Crippen molar-refractivity contribution in [2.24, 2.45) is 5.84 Å². The summed E-state index contributed by atoms with van der Waals surface area (Å²) in [6, 6.07) is 8.01. The minimum atomic E-state index is -0.444. The van der Waals surface area contributed by atoms with Crippen LogP contribution in [0.3, 0.4) is 0 Å². The summed E-state index contributed by atoms with van der Waals surface area (Å²) in [6.45, 7) is 2.57. The molecule has 104 valence electrons. The summed E-state index contributed by atoms with van der Waals surface area (Å²) in [5.74, 6) is 5.66. The number of carbonyl (C=O) groups is 1. The van der Waals surface area contributed by atoms with Crippen LogP contribution in [0.4, 0.5) is 0 Å². The summed E-state index contributed by atoms with van der Waals surface area (Å²) in [7, 11) is 0. The molecule has 0 aliphatic carbocycles. The van der Waals surface area contributed by atoms with E-state index in [0.717, 1.165) is 18.6 Å². The Morgan fingerprint density at radius 2 is 2.37 bits per heavy atom. The molecule has 0 saturated carbocycles. The number of carbonyl (C=O) groups excluding carboxylic acids is 1. The number of nitrogens with two attached hydrogens (primary N) is 1. The smallest absolute Gasteiger partial charge is 0.263 e. The molecule has 0 radical (unpaired) electrons. The highest BCUT2D eigenvalue weighted by Crippen LogP contribution is 2.21. The molecule has 2 rings (SSSR count). The van der Waals surface area contributed by atoms with Gasteiger partial charge in [-0.3, -0.25) is 10.2 Å². The van der Waals surface area contributed by atoms with Crippen molar-refractivity contribution in [3.05, 3.63) is 29.8 Å². The molecule has 1 amide bonds. The fraction of sp³-hybridized carbons (Fsp3) is 0.500. The molecule has 5 nitrogen and oxygen atoms in total. The standard InChI is InChI=1S/C14H20N2O3/c1-2-10-4-3-5-11(8-10)18-9-12-6-7-13(19-12)14(17)16-15/h3-5,8,12-13H,2,6-7,9,15H2,1H3,(H,16,17). The van der Waals surface area contributed by atoms with Crippen molar-refractivity contribution in [3.8, 4) is 5.75 Å². The van der Waals surface area contributed by atoms with Gasteiger partial charge in [0.25, 0.3) is 5.91 Å². The van der Waals surface area contributed by atoms with E-state index in [4.69, 9.17) is 15.3 Å². The average molecular weight is 264 g/mol. The van der Waals surface area contributed by atoms with Gasteiger partial charge in [-0.25, -0.2) is 5.84 Å². The summed E-state index contributed by atoms with van der Waals surface area (Å²) in [5.41, 5.74) is 3.35. The van der Waals surface area contributed by atoms with E-state index in [1.807, 2.05) is 18.2 Å². The Morgan fingerprint density at radius 3 is 3.11 bits per heavy atom. The van der Waals surface area contributed by atoms with Crippen LogP contribution in [0.2, 0.25) is 0 Å². The van der Waals surface area contributed by atoms with Crippen molar-refractivity contribution < 1.29 is 14.3 Å². The molecule has 2 unspecified atom stereocenters. The summed E-state index contributed by atoms with van der Waals surface area (Å²) in [4.78, 5) is 11.3. The van der Waals surface area contributed by atoms with Gasteiger partial charge in [-0.15, -0.1) is 0 Å². The molecule has 19 heavy (non-hydrogen) atoms. The van der Waals surface area contributed by atoms with Crippen LogP contribution in [0.15, 0.2) is 24.3 Å². The van der Waals surface area contributed by atoms with Gasteiger partial charge in [0, 0.05) is 0 Å². The van der Waals surface area contributed by atoms with E-state index in [1.54, 1.807) is 0 Å². The molecule has 3 N–H and O–H groups in total. The zero-order chi connectivity index (χ0) is 13.7. The van der Waals surface area contributed by atoms with Crippen LogP contribution in [0.1, 0.15) is 25.3 Å². The first-order valence-electron chi connectivity index (χ1n) is 6.60. The Kier molecular flexibility index (Phi) is 4.76. The second-order valence-corrected chi connectivity index (χ2v) is 4.64. The highest BCUT2D eigenvalue weighted by atomic mass is 16.5. The maximum absolute atomic E-state index is 11.3. The molecule has 1 saturated heterocycles. The lowest BCUT2D eigenvalue weighted by atomic mass is 10.1. The Bertz CT molecular complexity index is 436. The molecule has 1 aliphatic rings. The van der Waals surface area contributed by atoms with Crippen LogP contribution in [0, 0.1) is 0 Å². The van der Waals surface area contributed by atoms with E-state index in [0.29, 0.717) is 13.0 Å². The summed E-state index contributed by atoms with van der Waals surface area (Å²) in [5, 5.41) is 0. The Morgan fingerprint density at radius 1 is 1.53 bits per heavy atom. The maximum Gasteiger partial charge on any atom is 0.263 e. The van der Waals surface area contributed by atoms with Gasteiger partial charge in [0.2, 0.25) is 0 Å². The van der Waals surface area contributed by atoms with E-state index in [2.05, 4.69) is 18.4 Å². The molecule has 0 aromatic heterocycles. The summed E-state index contributed by atoms with van der Waals surface area (Å²) >= 11 is 0. The van der Waals surface area contributed by atoms with Crippen LogP contribution in [0.25, 0.3) is 0 Å². The lowest BCUT2D eigenvalue weighted by Crippen LogP contribution is -2.39. The number of hydrogen-bond donors (Lipinski definition) is 2. The van der Waals surface area contributed by atoms with Crippen molar-refractivity contribution in [2.75, 3.05) is 6.61 Å². The molecule has 1 aromatic carbocycles. The number of amides is 1. The molecule has 5 heteroatoms. The number of ether oxygens (including phenoxy) is 2. The van der Waals surface area contributed by atoms with Gasteiger partial charge in [0.1, 0.15) is 18.5 Å². The molecule has 1 heterocycles. The SMILES string of the molecule is CCc1cccc(OCC2CCC(C(=O)NN)O2)c1. The lowest BCUT2D eigenvalue weighted by Gasteiger charge is -2.14. The molecule has 0 bridgehead atoms. The molecule has 1 fully saturated rings. The molecule has 0 spiro atoms. The number of nitrogens with one attached hydrogen (secondary N) is 1. The topological polar surface area (TPSA) is 73.6 Å². The predicted octanol–water partition coefficient (Wildman–Crippen LogP) is 1.17. The number of hydrogen-bond acceptors (Lipinski definition) is 4. The fourth-order valence-corrected chi connectivity index (χ4v) is 2.16. The first kappa shape index (κ1) is 13.8. The Balaban J connectivity index is 1.81. The summed E-state index contributed by atoms with van der Waals surface area (Å²) < 4.78 is 11.3. The zero-order valence-electron chi connectivity index (χ0n) is 11.1. The van der Waals surface area contributed by atoms with Crippen molar-refractivity contribution >= 4 is 5.91 Å². The highest BCUT2D eigenvalue weighted by Gasteiger charge is 2.30. The fourth-order valence-electron chi connectivity index (χ4n) is 2.16. The van der Waals surface area contributed by atoms with Crippen molar-refractivity contribution in [1.82, 2.24) is 5.43 Å². The van der Waals surface area contributed by atoms with E-state index < -0.39 is 6.10 Å². The number of aryl methyl sites for hydroxylation is 1. The van der Waals surface area contributed by atoms with E-state index in [9.17, 15) is 4.79 Å². The van der Waals surface area contributed by atoms with Gasteiger partial charge in [-0.2, -0.15) is 0 Å². The van der Waals surface area contributed by atoms with Gasteiger partial charge < -0.3 is 9.47 Å². The highest BCUT2D eigenvalue weighted by molar-refractivity contribution is 5.80. The van der Waals surface area contributed by atoms with Gasteiger partial charge >= 0.3 is 0 Å². The number of rotatable bonds is 5. The zero-order valence-corrected chi connectivity index (χ0v) is 11.1. The van der Waals surface area contributed by atoms with Crippen LogP contribution in [-0.4, -0.2) is 24.7 Å². The minimum absolute atomic E-state index is 0.0485. The van der Waals surface area contributed by atoms with E-state index in [-0.39, 0.29) is 12.0 Å². The van der Waals surface area contributed by atoms with E-state index in [1.165, 1.54) is 5.56 Å². The third-order valence-electron chi connectivity index (χ3n) is 3.28. The number of benzene rings is 1. The maximum atomic E-state index is 11.3. The largest absolute Gasteiger partial charge is 0.491 e. The van der Waals surface area contributed by atoms with Gasteiger partial charge in [-0.1, -0.05) is 19.1 Å². The summed E-state index contributed by atoms with van der Waals surface area (Å²) in [6.07, 6.45) is 1.99. The van der Waals surface area contributed by atoms with Gasteiger partial charge in [-0.05, 0) is 37.0 Å². The average Bonchev–Trinajstić information content (AvgIpc) is 2.93. The Labute approximate surface area is 113 Å². The number of hydrazine groups is 1.